The fraction of sp³-hybridized carbons (Fsp3) is 0.600. The summed E-state index contributed by atoms with van der Waals surface area (Å²) in [6.07, 6.45) is 2.06. The van der Waals surface area contributed by atoms with E-state index in [1.165, 1.54) is 0 Å². The van der Waals surface area contributed by atoms with Gasteiger partial charge in [-0.2, -0.15) is 5.10 Å². The number of aromatic nitrogens is 3. The first-order chi connectivity index (χ1) is 9.15. The van der Waals surface area contributed by atoms with Crippen LogP contribution in [0, 0.1) is 0 Å². The van der Waals surface area contributed by atoms with Crippen LogP contribution in [0.5, 0.6) is 0 Å². The van der Waals surface area contributed by atoms with Crippen LogP contribution in [-0.2, 0) is 9.53 Å². The van der Waals surface area contributed by atoms with E-state index in [9.17, 15) is 14.4 Å². The summed E-state index contributed by atoms with van der Waals surface area (Å²) in [5.74, 6) is -0.137. The van der Waals surface area contributed by atoms with Gasteiger partial charge in [0.2, 0.25) is 5.91 Å². The van der Waals surface area contributed by atoms with Crippen LogP contribution in [0.15, 0.2) is 14.6 Å². The molecule has 0 radical (unpaired) electrons. The lowest BCUT2D eigenvalue weighted by molar-refractivity contribution is -0.119. The fourth-order valence-electron chi connectivity index (χ4n) is 1.65. The number of aromatic amines is 2. The third-order valence-corrected chi connectivity index (χ3v) is 3.53. The first-order valence-corrected chi connectivity index (χ1v) is 6.84. The normalized spacial score (nSPS) is 18.4. The maximum Gasteiger partial charge on any atom is 0.342 e. The van der Waals surface area contributed by atoms with Crippen molar-refractivity contribution < 1.29 is 9.53 Å². The third kappa shape index (κ3) is 4.21. The largest absolute Gasteiger partial charge is 0.376 e. The highest BCUT2D eigenvalue weighted by Gasteiger charge is 2.16. The molecule has 3 N–H and O–H groups in total. The first kappa shape index (κ1) is 13.8. The number of hydrogen-bond acceptors (Lipinski definition) is 6. The molecule has 1 aliphatic rings. The van der Waals surface area contributed by atoms with Gasteiger partial charge in [-0.3, -0.25) is 14.6 Å². The lowest BCUT2D eigenvalue weighted by Crippen LogP contribution is -2.33. The molecule has 0 bridgehead atoms. The molecule has 1 atom stereocenters. The Morgan fingerprint density at radius 1 is 1.53 bits per heavy atom. The molecule has 8 nitrogen and oxygen atoms in total. The predicted molar refractivity (Wildman–Crippen MR) is 68.2 cm³/mol. The van der Waals surface area contributed by atoms with Crippen LogP contribution in [0.2, 0.25) is 0 Å². The van der Waals surface area contributed by atoms with Gasteiger partial charge in [0.25, 0.3) is 5.56 Å². The number of ether oxygens (including phenoxy) is 1. The number of H-pyrrole nitrogens is 2. The van der Waals surface area contributed by atoms with Gasteiger partial charge in [0.15, 0.2) is 5.03 Å². The zero-order valence-electron chi connectivity index (χ0n) is 10.1. The summed E-state index contributed by atoms with van der Waals surface area (Å²) < 4.78 is 5.37. The molecule has 1 saturated heterocycles. The van der Waals surface area contributed by atoms with Crippen LogP contribution in [0.3, 0.4) is 0 Å². The summed E-state index contributed by atoms with van der Waals surface area (Å²) in [6.45, 7) is 1.22. The molecular weight excluding hydrogens is 272 g/mol. The van der Waals surface area contributed by atoms with Crippen molar-refractivity contribution in [2.24, 2.45) is 0 Å². The predicted octanol–water partition coefficient (Wildman–Crippen LogP) is -1.15. The summed E-state index contributed by atoms with van der Waals surface area (Å²) in [5, 5.41) is 8.46. The van der Waals surface area contributed by atoms with E-state index < -0.39 is 11.2 Å². The van der Waals surface area contributed by atoms with Crippen molar-refractivity contribution in [3.05, 3.63) is 20.8 Å². The molecule has 2 rings (SSSR count). The molecule has 19 heavy (non-hydrogen) atoms. The van der Waals surface area contributed by atoms with Crippen LogP contribution >= 0.6 is 11.8 Å². The lowest BCUT2D eigenvalue weighted by atomic mass is 10.2. The number of hydrogen-bond donors (Lipinski definition) is 3. The fourth-order valence-corrected chi connectivity index (χ4v) is 2.31. The summed E-state index contributed by atoms with van der Waals surface area (Å²) >= 11 is 0.968. The molecule has 2 heterocycles. The highest BCUT2D eigenvalue weighted by Crippen LogP contribution is 2.11. The van der Waals surface area contributed by atoms with Crippen molar-refractivity contribution in [2.75, 3.05) is 18.9 Å². The van der Waals surface area contributed by atoms with Gasteiger partial charge < -0.3 is 10.1 Å². The number of thioether (sulfide) groups is 1. The molecule has 1 aromatic rings. The minimum Gasteiger partial charge on any atom is -0.376 e. The van der Waals surface area contributed by atoms with Crippen LogP contribution in [0.1, 0.15) is 12.8 Å². The van der Waals surface area contributed by atoms with E-state index in [-0.39, 0.29) is 22.8 Å². The van der Waals surface area contributed by atoms with Crippen molar-refractivity contribution in [3.63, 3.8) is 0 Å². The van der Waals surface area contributed by atoms with E-state index in [0.29, 0.717) is 6.54 Å². The van der Waals surface area contributed by atoms with Gasteiger partial charge in [-0.1, -0.05) is 11.8 Å². The van der Waals surface area contributed by atoms with E-state index in [0.717, 1.165) is 31.2 Å². The van der Waals surface area contributed by atoms with Gasteiger partial charge in [-0.25, -0.2) is 9.89 Å². The van der Waals surface area contributed by atoms with Crippen molar-refractivity contribution in [1.82, 2.24) is 20.5 Å². The third-order valence-electron chi connectivity index (χ3n) is 2.57. The highest BCUT2D eigenvalue weighted by atomic mass is 32.2. The van der Waals surface area contributed by atoms with Gasteiger partial charge in [0.1, 0.15) is 0 Å². The molecule has 9 heteroatoms. The van der Waals surface area contributed by atoms with Crippen LogP contribution < -0.4 is 16.6 Å². The first-order valence-electron chi connectivity index (χ1n) is 5.85. The average molecular weight is 286 g/mol. The number of carbonyl (C=O) groups is 1. The van der Waals surface area contributed by atoms with Gasteiger partial charge in [0.05, 0.1) is 11.9 Å². The molecule has 0 unspecified atom stereocenters. The quantitative estimate of drug-likeness (QED) is 0.588. The second-order valence-corrected chi connectivity index (χ2v) is 5.00. The van der Waals surface area contributed by atoms with Crippen LogP contribution in [0.4, 0.5) is 0 Å². The Morgan fingerprint density at radius 3 is 3.05 bits per heavy atom. The van der Waals surface area contributed by atoms with Gasteiger partial charge in [0, 0.05) is 13.2 Å². The SMILES string of the molecule is O=C(CSc1n[nH]c(=O)[nH]c1=O)NC[C@H]1CCCO1. The number of rotatable bonds is 5. The number of amides is 1. The Kier molecular flexibility index (Phi) is 4.74. The Hall–Kier alpha value is -1.61. The molecule has 1 fully saturated rings. The molecule has 1 aliphatic heterocycles. The van der Waals surface area contributed by atoms with E-state index >= 15 is 0 Å². The van der Waals surface area contributed by atoms with E-state index in [1.807, 2.05) is 4.98 Å². The van der Waals surface area contributed by atoms with E-state index in [1.54, 1.807) is 0 Å². The molecule has 0 aliphatic carbocycles. The maximum absolute atomic E-state index is 11.6. The summed E-state index contributed by atoms with van der Waals surface area (Å²) in [4.78, 5) is 35.7. The minimum absolute atomic E-state index is 0.0619. The van der Waals surface area contributed by atoms with Crippen LogP contribution in [0.25, 0.3) is 0 Å². The van der Waals surface area contributed by atoms with E-state index in [4.69, 9.17) is 4.74 Å². The standard InChI is InChI=1S/C10H14N4O4S/c15-7(11-4-6-2-1-3-18-6)5-19-9-8(16)12-10(17)14-13-9/h6H,1-5H2,(H,11,15)(H2,12,14,16,17)/t6-/m1/s1. The lowest BCUT2D eigenvalue weighted by Gasteiger charge is -2.10. The molecular formula is C10H14N4O4S. The van der Waals surface area contributed by atoms with Crippen molar-refractivity contribution in [3.8, 4) is 0 Å². The van der Waals surface area contributed by atoms with Gasteiger partial charge in [-0.05, 0) is 12.8 Å². The highest BCUT2D eigenvalue weighted by molar-refractivity contribution is 7.99. The second-order valence-electron chi connectivity index (χ2n) is 4.04. The molecule has 1 amide bonds. The molecule has 104 valence electrons. The topological polar surface area (TPSA) is 117 Å². The van der Waals surface area contributed by atoms with Crippen molar-refractivity contribution in [2.45, 2.75) is 24.0 Å². The molecule has 0 saturated carbocycles. The maximum atomic E-state index is 11.6. The summed E-state index contributed by atoms with van der Waals surface area (Å²) in [7, 11) is 0. The number of nitrogens with one attached hydrogen (secondary N) is 3. The number of carbonyl (C=O) groups excluding carboxylic acids is 1. The van der Waals surface area contributed by atoms with E-state index in [2.05, 4.69) is 15.5 Å². The van der Waals surface area contributed by atoms with Crippen molar-refractivity contribution >= 4 is 17.7 Å². The average Bonchev–Trinajstić information content (AvgIpc) is 2.88. The Bertz CT molecular complexity index is 549. The van der Waals surface area contributed by atoms with Crippen LogP contribution in [-0.4, -0.2) is 46.1 Å². The summed E-state index contributed by atoms with van der Waals surface area (Å²) in [5.41, 5.74) is -1.27. The Labute approximate surface area is 112 Å². The molecule has 1 aromatic heterocycles. The molecule has 0 spiro atoms. The van der Waals surface area contributed by atoms with Crippen molar-refractivity contribution in [1.29, 1.82) is 0 Å². The zero-order chi connectivity index (χ0) is 13.7. The monoisotopic (exact) mass is 286 g/mol. The zero-order valence-corrected chi connectivity index (χ0v) is 10.9. The smallest absolute Gasteiger partial charge is 0.342 e. The van der Waals surface area contributed by atoms with Gasteiger partial charge in [-0.15, -0.1) is 0 Å². The second kappa shape index (κ2) is 6.53. The summed E-state index contributed by atoms with van der Waals surface area (Å²) in [6, 6.07) is 0. The number of nitrogens with zero attached hydrogens (tertiary/aromatic N) is 1. The molecule has 0 aromatic carbocycles. The van der Waals surface area contributed by atoms with Gasteiger partial charge >= 0.3 is 5.69 Å². The Balaban J connectivity index is 1.76. The Morgan fingerprint density at radius 2 is 2.37 bits per heavy atom. The minimum atomic E-state index is -0.669.